The third-order valence-corrected chi connectivity index (χ3v) is 4.54. The molecule has 3 rings (SSSR count). The van der Waals surface area contributed by atoms with Gasteiger partial charge >= 0.3 is 0 Å². The summed E-state index contributed by atoms with van der Waals surface area (Å²) in [4.78, 5) is 9.85. The molecule has 0 bridgehead atoms. The molecule has 0 atom stereocenters. The van der Waals surface area contributed by atoms with Crippen molar-refractivity contribution >= 4 is 16.7 Å². The smallest absolute Gasteiger partial charge is 0.129 e. The second-order valence-corrected chi connectivity index (χ2v) is 5.98. The van der Waals surface area contributed by atoms with Crippen molar-refractivity contribution < 1.29 is 0 Å². The molecule has 0 amide bonds. The Kier molecular flexibility index (Phi) is 4.90. The predicted octanol–water partition coefficient (Wildman–Crippen LogP) is 2.27. The lowest BCUT2D eigenvalue weighted by Crippen LogP contribution is -2.47. The molecule has 2 N–H and O–H groups in total. The number of fused-ring (bicyclic) bond motifs is 1. The van der Waals surface area contributed by atoms with Crippen molar-refractivity contribution in [2.75, 3.05) is 44.2 Å². The average molecular weight is 298 g/mol. The zero-order valence-electron chi connectivity index (χ0n) is 13.5. The Morgan fingerprint density at radius 2 is 1.91 bits per heavy atom. The Morgan fingerprint density at radius 1 is 1.09 bits per heavy atom. The lowest BCUT2D eigenvalue weighted by molar-refractivity contribution is 0.256. The highest BCUT2D eigenvalue weighted by molar-refractivity contribution is 5.83. The number of piperazine rings is 1. The van der Waals surface area contributed by atoms with Crippen LogP contribution in [0.1, 0.15) is 18.9 Å². The molecule has 1 fully saturated rings. The van der Waals surface area contributed by atoms with Crippen LogP contribution < -0.4 is 10.6 Å². The van der Waals surface area contributed by atoms with Crippen molar-refractivity contribution in [2.45, 2.75) is 19.8 Å². The largest absolute Gasteiger partial charge is 0.354 e. The predicted molar refractivity (Wildman–Crippen MR) is 93.4 cm³/mol. The van der Waals surface area contributed by atoms with Gasteiger partial charge < -0.3 is 10.6 Å². The first-order chi connectivity index (χ1) is 10.8. The van der Waals surface area contributed by atoms with Gasteiger partial charge in [0.1, 0.15) is 5.82 Å². The van der Waals surface area contributed by atoms with E-state index in [-0.39, 0.29) is 0 Å². The molecular formula is C18H26N4. The maximum Gasteiger partial charge on any atom is 0.129 e. The summed E-state index contributed by atoms with van der Waals surface area (Å²) in [6.07, 6.45) is 2.12. The van der Waals surface area contributed by atoms with E-state index in [0.29, 0.717) is 0 Å². The van der Waals surface area contributed by atoms with E-state index < -0.39 is 0 Å². The molecule has 4 nitrogen and oxygen atoms in total. The minimum Gasteiger partial charge on any atom is -0.354 e. The maximum absolute atomic E-state index is 5.60. The van der Waals surface area contributed by atoms with Crippen LogP contribution in [-0.2, 0) is 6.42 Å². The van der Waals surface area contributed by atoms with E-state index in [9.17, 15) is 0 Å². The van der Waals surface area contributed by atoms with Gasteiger partial charge in [0.05, 0.1) is 5.52 Å². The molecule has 1 aromatic carbocycles. The number of benzene rings is 1. The normalized spacial score (nSPS) is 16.4. The Hall–Kier alpha value is -1.65. The van der Waals surface area contributed by atoms with Crippen LogP contribution in [0.4, 0.5) is 5.82 Å². The van der Waals surface area contributed by atoms with Crippen LogP contribution >= 0.6 is 0 Å². The van der Waals surface area contributed by atoms with Gasteiger partial charge in [-0.1, -0.05) is 25.1 Å². The van der Waals surface area contributed by atoms with Gasteiger partial charge in [0.2, 0.25) is 0 Å². The fraction of sp³-hybridized carbons (Fsp3) is 0.500. The SMILES string of the molecule is CCc1cccc2ccc(N3CCN(CCCN)CC3)nc12. The van der Waals surface area contributed by atoms with E-state index in [1.54, 1.807) is 0 Å². The average Bonchev–Trinajstić information content (AvgIpc) is 2.59. The molecule has 22 heavy (non-hydrogen) atoms. The van der Waals surface area contributed by atoms with Crippen LogP contribution in [0, 0.1) is 0 Å². The molecule has 1 aromatic heterocycles. The van der Waals surface area contributed by atoms with E-state index >= 15 is 0 Å². The monoisotopic (exact) mass is 298 g/mol. The molecular weight excluding hydrogens is 272 g/mol. The molecule has 0 spiro atoms. The number of anilines is 1. The first kappa shape index (κ1) is 15.3. The molecule has 1 aliphatic heterocycles. The maximum atomic E-state index is 5.60. The molecule has 2 aromatic rings. The quantitative estimate of drug-likeness (QED) is 0.920. The minimum absolute atomic E-state index is 0.784. The van der Waals surface area contributed by atoms with Gasteiger partial charge in [-0.25, -0.2) is 4.98 Å². The number of aryl methyl sites for hydroxylation is 1. The first-order valence-corrected chi connectivity index (χ1v) is 8.38. The molecule has 0 aliphatic carbocycles. The molecule has 0 radical (unpaired) electrons. The van der Waals surface area contributed by atoms with Gasteiger partial charge in [-0.3, -0.25) is 4.90 Å². The van der Waals surface area contributed by atoms with Crippen LogP contribution in [0.25, 0.3) is 10.9 Å². The molecule has 0 saturated carbocycles. The van der Waals surface area contributed by atoms with E-state index in [0.717, 1.165) is 63.4 Å². The zero-order chi connectivity index (χ0) is 15.4. The van der Waals surface area contributed by atoms with E-state index in [4.69, 9.17) is 10.7 Å². The van der Waals surface area contributed by atoms with Crippen molar-refractivity contribution in [1.29, 1.82) is 0 Å². The van der Waals surface area contributed by atoms with Gasteiger partial charge in [-0.2, -0.15) is 0 Å². The van der Waals surface area contributed by atoms with Gasteiger partial charge in [-0.05, 0) is 43.6 Å². The highest BCUT2D eigenvalue weighted by Gasteiger charge is 2.17. The lowest BCUT2D eigenvalue weighted by Gasteiger charge is -2.35. The number of para-hydroxylation sites is 1. The molecule has 118 valence electrons. The van der Waals surface area contributed by atoms with Crippen LogP contribution in [0.5, 0.6) is 0 Å². The summed E-state index contributed by atoms with van der Waals surface area (Å²) >= 11 is 0. The van der Waals surface area contributed by atoms with Crippen molar-refractivity contribution in [3.05, 3.63) is 35.9 Å². The third-order valence-electron chi connectivity index (χ3n) is 4.54. The summed E-state index contributed by atoms with van der Waals surface area (Å²) < 4.78 is 0. The minimum atomic E-state index is 0.784. The number of hydrogen-bond acceptors (Lipinski definition) is 4. The van der Waals surface area contributed by atoms with Gasteiger partial charge in [-0.15, -0.1) is 0 Å². The Labute approximate surface area is 132 Å². The zero-order valence-corrected chi connectivity index (χ0v) is 13.5. The van der Waals surface area contributed by atoms with Crippen molar-refractivity contribution in [3.63, 3.8) is 0 Å². The number of hydrogen-bond donors (Lipinski definition) is 1. The lowest BCUT2D eigenvalue weighted by atomic mass is 10.1. The third kappa shape index (κ3) is 3.23. The second-order valence-electron chi connectivity index (χ2n) is 5.98. The standard InChI is InChI=1S/C18H26N4/c1-2-15-5-3-6-16-7-8-17(20-18(15)16)22-13-11-21(12-14-22)10-4-9-19/h3,5-8H,2,4,9-14,19H2,1H3. The number of aromatic nitrogens is 1. The van der Waals surface area contributed by atoms with Crippen molar-refractivity contribution in [1.82, 2.24) is 9.88 Å². The number of nitrogens with zero attached hydrogens (tertiary/aromatic N) is 3. The summed E-state index contributed by atoms with van der Waals surface area (Å²) in [5.41, 5.74) is 8.09. The fourth-order valence-electron chi connectivity index (χ4n) is 3.18. The van der Waals surface area contributed by atoms with Crippen LogP contribution in [0.2, 0.25) is 0 Å². The van der Waals surface area contributed by atoms with E-state index in [1.165, 1.54) is 10.9 Å². The van der Waals surface area contributed by atoms with Gasteiger partial charge in [0.25, 0.3) is 0 Å². The highest BCUT2D eigenvalue weighted by Crippen LogP contribution is 2.22. The fourth-order valence-corrected chi connectivity index (χ4v) is 3.18. The van der Waals surface area contributed by atoms with Crippen molar-refractivity contribution in [3.8, 4) is 0 Å². The number of rotatable bonds is 5. The number of nitrogens with two attached hydrogens (primary N) is 1. The van der Waals surface area contributed by atoms with Crippen LogP contribution in [0.3, 0.4) is 0 Å². The molecule has 2 heterocycles. The molecule has 1 saturated heterocycles. The number of pyridine rings is 1. The van der Waals surface area contributed by atoms with E-state index in [1.807, 2.05) is 0 Å². The summed E-state index contributed by atoms with van der Waals surface area (Å²) in [7, 11) is 0. The summed E-state index contributed by atoms with van der Waals surface area (Å²) in [5, 5.41) is 1.24. The Balaban J connectivity index is 1.74. The molecule has 4 heteroatoms. The first-order valence-electron chi connectivity index (χ1n) is 8.38. The summed E-state index contributed by atoms with van der Waals surface area (Å²) in [6, 6.07) is 10.8. The van der Waals surface area contributed by atoms with Crippen molar-refractivity contribution in [2.24, 2.45) is 5.73 Å². The topological polar surface area (TPSA) is 45.4 Å². The Morgan fingerprint density at radius 3 is 2.64 bits per heavy atom. The van der Waals surface area contributed by atoms with Gasteiger partial charge in [0.15, 0.2) is 0 Å². The van der Waals surface area contributed by atoms with Gasteiger partial charge in [0, 0.05) is 31.6 Å². The Bertz CT molecular complexity index is 618. The van der Waals surface area contributed by atoms with Crippen LogP contribution in [0.15, 0.2) is 30.3 Å². The molecule has 1 aliphatic rings. The van der Waals surface area contributed by atoms with Crippen LogP contribution in [-0.4, -0.2) is 49.2 Å². The van der Waals surface area contributed by atoms with E-state index in [2.05, 4.69) is 47.1 Å². The second kappa shape index (κ2) is 7.07. The highest BCUT2D eigenvalue weighted by atomic mass is 15.3. The molecule has 0 unspecified atom stereocenters. The summed E-state index contributed by atoms with van der Waals surface area (Å²) in [6.45, 7) is 8.42. The summed E-state index contributed by atoms with van der Waals surface area (Å²) in [5.74, 6) is 1.12.